The van der Waals surface area contributed by atoms with Crippen LogP contribution < -0.4 is 11.1 Å². The van der Waals surface area contributed by atoms with Crippen LogP contribution in [0.25, 0.3) is 0 Å². The van der Waals surface area contributed by atoms with Crippen LogP contribution in [0.4, 0.5) is 15.8 Å². The van der Waals surface area contributed by atoms with Crippen LogP contribution in [0.3, 0.4) is 0 Å². The van der Waals surface area contributed by atoms with Crippen molar-refractivity contribution in [3.63, 3.8) is 0 Å². The van der Waals surface area contributed by atoms with Gasteiger partial charge in [0.25, 0.3) is 0 Å². The lowest BCUT2D eigenvalue weighted by Crippen LogP contribution is -2.12. The highest BCUT2D eigenvalue weighted by molar-refractivity contribution is 9.10. The van der Waals surface area contributed by atoms with Crippen LogP contribution in [0, 0.1) is 5.82 Å². The number of hydrogen-bond acceptors (Lipinski definition) is 2. The number of nitrogens with one attached hydrogen (secondary N) is 1. The first kappa shape index (κ1) is 14.2. The molecule has 6 heteroatoms. The Kier molecular flexibility index (Phi) is 4.39. The van der Waals surface area contributed by atoms with Crippen molar-refractivity contribution < 1.29 is 4.39 Å². The van der Waals surface area contributed by atoms with E-state index in [1.165, 1.54) is 12.1 Å². The maximum atomic E-state index is 13.4. The highest BCUT2D eigenvalue weighted by atomic mass is 79.9. The van der Waals surface area contributed by atoms with E-state index >= 15 is 0 Å². The summed E-state index contributed by atoms with van der Waals surface area (Å²) in [6.07, 6.45) is 0. The molecule has 0 unspecified atom stereocenters. The van der Waals surface area contributed by atoms with Crippen molar-refractivity contribution in [3.8, 4) is 0 Å². The molecule has 0 aromatic heterocycles. The van der Waals surface area contributed by atoms with Gasteiger partial charge in [-0.1, -0.05) is 29.9 Å². The maximum Gasteiger partial charge on any atom is 0.143 e. The van der Waals surface area contributed by atoms with Gasteiger partial charge in [0.2, 0.25) is 0 Å². The molecule has 2 aromatic carbocycles. The molecule has 0 radical (unpaired) electrons. The molecule has 0 aliphatic carbocycles. The van der Waals surface area contributed by atoms with Gasteiger partial charge in [-0.3, -0.25) is 0 Å². The molecular weight excluding hydrogens is 351 g/mol. The zero-order valence-corrected chi connectivity index (χ0v) is 12.7. The van der Waals surface area contributed by atoms with Gasteiger partial charge in [-0.2, -0.15) is 0 Å². The number of halogens is 3. The van der Waals surface area contributed by atoms with Crippen molar-refractivity contribution in [1.29, 1.82) is 0 Å². The zero-order chi connectivity index (χ0) is 14.0. The third kappa shape index (κ3) is 3.23. The Balaban J connectivity index is 2.40. The Morgan fingerprint density at radius 2 is 2.05 bits per heavy atom. The average Bonchev–Trinajstić information content (AvgIpc) is 2.33. The van der Waals surface area contributed by atoms with Crippen LogP contribution in [-0.4, -0.2) is 4.99 Å². The van der Waals surface area contributed by atoms with Gasteiger partial charge in [0, 0.05) is 21.4 Å². The highest BCUT2D eigenvalue weighted by Gasteiger charge is 2.10. The summed E-state index contributed by atoms with van der Waals surface area (Å²) in [6, 6.07) is 9.95. The van der Waals surface area contributed by atoms with Gasteiger partial charge in [-0.15, -0.1) is 0 Å². The number of anilines is 2. The van der Waals surface area contributed by atoms with Gasteiger partial charge in [0.1, 0.15) is 10.8 Å². The van der Waals surface area contributed by atoms with E-state index in [0.717, 1.165) is 4.47 Å². The summed E-state index contributed by atoms with van der Waals surface area (Å²) in [5.41, 5.74) is 7.63. The second-order valence-electron chi connectivity index (χ2n) is 3.78. The van der Waals surface area contributed by atoms with Gasteiger partial charge >= 0.3 is 0 Å². The topological polar surface area (TPSA) is 38.0 Å². The summed E-state index contributed by atoms with van der Waals surface area (Å²) in [5, 5.41) is 3.14. The molecule has 2 rings (SSSR count). The lowest BCUT2D eigenvalue weighted by atomic mass is 10.1. The average molecular weight is 360 g/mol. The molecule has 0 spiro atoms. The minimum Gasteiger partial charge on any atom is -0.389 e. The van der Waals surface area contributed by atoms with Crippen molar-refractivity contribution in [2.24, 2.45) is 5.73 Å². The highest BCUT2D eigenvalue weighted by Crippen LogP contribution is 2.28. The van der Waals surface area contributed by atoms with Crippen molar-refractivity contribution in [2.45, 2.75) is 0 Å². The van der Waals surface area contributed by atoms with Crippen molar-refractivity contribution in [2.75, 3.05) is 5.32 Å². The summed E-state index contributed by atoms with van der Waals surface area (Å²) in [7, 11) is 0. The number of rotatable bonds is 3. The first-order valence-electron chi connectivity index (χ1n) is 5.29. The largest absolute Gasteiger partial charge is 0.389 e. The van der Waals surface area contributed by atoms with Crippen LogP contribution in [0.15, 0.2) is 40.9 Å². The van der Waals surface area contributed by atoms with Gasteiger partial charge in [-0.05, 0) is 46.3 Å². The Morgan fingerprint density at radius 3 is 2.68 bits per heavy atom. The number of hydrogen-bond donors (Lipinski definition) is 2. The second kappa shape index (κ2) is 5.86. The Labute approximate surface area is 128 Å². The zero-order valence-electron chi connectivity index (χ0n) is 9.58. The summed E-state index contributed by atoms with van der Waals surface area (Å²) in [4.78, 5) is 0.254. The van der Waals surface area contributed by atoms with Crippen LogP contribution in [-0.2, 0) is 0 Å². The van der Waals surface area contributed by atoms with E-state index in [1.807, 2.05) is 18.2 Å². The second-order valence-corrected chi connectivity index (χ2v) is 5.48. The molecule has 0 heterocycles. The standard InChI is InChI=1S/C13H9BrClFN2S/c14-8-2-1-3-11(12(8)13(17)19)18-7-4-5-9(15)10(16)6-7/h1-6,18H,(H2,17,19). The van der Waals surface area contributed by atoms with Crippen LogP contribution in [0.1, 0.15) is 5.56 Å². The fourth-order valence-corrected chi connectivity index (χ4v) is 2.66. The molecule has 0 atom stereocenters. The smallest absolute Gasteiger partial charge is 0.143 e. The van der Waals surface area contributed by atoms with E-state index in [9.17, 15) is 4.39 Å². The van der Waals surface area contributed by atoms with E-state index in [0.29, 0.717) is 16.9 Å². The SMILES string of the molecule is NC(=S)c1c(Br)cccc1Nc1ccc(Cl)c(F)c1. The molecule has 0 amide bonds. The monoisotopic (exact) mass is 358 g/mol. The normalized spacial score (nSPS) is 10.3. The lowest BCUT2D eigenvalue weighted by Gasteiger charge is -2.13. The van der Waals surface area contributed by atoms with Gasteiger partial charge in [0.05, 0.1) is 5.02 Å². The third-order valence-corrected chi connectivity index (χ3v) is 3.63. The Bertz CT molecular complexity index is 649. The minimum atomic E-state index is -0.487. The molecule has 0 aliphatic heterocycles. The molecule has 0 saturated heterocycles. The van der Waals surface area contributed by atoms with Crippen LogP contribution in [0.5, 0.6) is 0 Å². The van der Waals surface area contributed by atoms with Gasteiger partial charge in [-0.25, -0.2) is 4.39 Å². The first-order chi connectivity index (χ1) is 8.99. The van der Waals surface area contributed by atoms with Crippen molar-refractivity contribution in [1.82, 2.24) is 0 Å². The molecule has 0 saturated carbocycles. The predicted molar refractivity (Wildman–Crippen MR) is 84.7 cm³/mol. The molecule has 0 bridgehead atoms. The summed E-state index contributed by atoms with van der Waals surface area (Å²) in [6.45, 7) is 0. The minimum absolute atomic E-state index is 0.0781. The predicted octanol–water partition coefficient (Wildman–Crippen LogP) is 4.62. The maximum absolute atomic E-state index is 13.4. The number of thiocarbonyl (C=S) groups is 1. The fraction of sp³-hybridized carbons (Fsp3) is 0. The third-order valence-electron chi connectivity index (χ3n) is 2.46. The molecule has 0 fully saturated rings. The number of nitrogens with two attached hydrogens (primary N) is 1. The summed E-state index contributed by atoms with van der Waals surface area (Å²) in [5.74, 6) is -0.487. The first-order valence-corrected chi connectivity index (χ1v) is 6.87. The van der Waals surface area contributed by atoms with Gasteiger partial charge in [0.15, 0.2) is 0 Å². The molecule has 2 nitrogen and oxygen atoms in total. The molecule has 0 aliphatic rings. The quantitative estimate of drug-likeness (QED) is 0.785. The van der Waals surface area contributed by atoms with Gasteiger partial charge < -0.3 is 11.1 Å². The Hall–Kier alpha value is -1.17. The fourth-order valence-electron chi connectivity index (χ4n) is 1.61. The molecule has 19 heavy (non-hydrogen) atoms. The molecule has 3 N–H and O–H groups in total. The lowest BCUT2D eigenvalue weighted by molar-refractivity contribution is 0.629. The van der Waals surface area contributed by atoms with E-state index in [4.69, 9.17) is 29.6 Å². The molecule has 98 valence electrons. The number of benzene rings is 2. The summed E-state index contributed by atoms with van der Waals surface area (Å²) < 4.78 is 14.2. The van der Waals surface area contributed by atoms with Crippen LogP contribution in [0.2, 0.25) is 5.02 Å². The van der Waals surface area contributed by atoms with Crippen molar-refractivity contribution >= 4 is 56.1 Å². The molecular formula is C13H9BrClFN2S. The van der Waals surface area contributed by atoms with E-state index in [1.54, 1.807) is 6.07 Å². The molecule has 2 aromatic rings. The van der Waals surface area contributed by atoms with Crippen LogP contribution >= 0.6 is 39.7 Å². The Morgan fingerprint density at radius 1 is 1.32 bits per heavy atom. The van der Waals surface area contributed by atoms with E-state index in [-0.39, 0.29) is 10.0 Å². The van der Waals surface area contributed by atoms with Crippen molar-refractivity contribution in [3.05, 3.63) is 57.3 Å². The summed E-state index contributed by atoms with van der Waals surface area (Å²) >= 11 is 14.0. The van der Waals surface area contributed by atoms with E-state index < -0.39 is 5.82 Å². The van der Waals surface area contributed by atoms with E-state index in [2.05, 4.69) is 21.2 Å².